The number of benzene rings is 2. The molecule has 2 aromatic carbocycles. The van der Waals surface area contributed by atoms with Crippen molar-refractivity contribution in [2.24, 2.45) is 5.16 Å². The van der Waals surface area contributed by atoms with Crippen LogP contribution in [-0.2, 0) is 25.6 Å². The highest BCUT2D eigenvalue weighted by molar-refractivity contribution is 7.86. The van der Waals surface area contributed by atoms with E-state index in [-0.39, 0.29) is 17.1 Å². The molecule has 0 N–H and O–H groups in total. The predicted octanol–water partition coefficient (Wildman–Crippen LogP) is 2.97. The van der Waals surface area contributed by atoms with Crippen LogP contribution in [0.25, 0.3) is 0 Å². The van der Waals surface area contributed by atoms with E-state index in [1.54, 1.807) is 18.2 Å². The van der Waals surface area contributed by atoms with E-state index in [2.05, 4.69) is 5.16 Å². The van der Waals surface area contributed by atoms with Gasteiger partial charge in [-0.1, -0.05) is 53.7 Å². The Morgan fingerprint density at radius 2 is 1.57 bits per heavy atom. The second kappa shape index (κ2) is 7.69. The maximum atomic E-state index is 12.1. The lowest BCUT2D eigenvalue weighted by molar-refractivity contribution is -0.115. The average Bonchev–Trinajstić information content (AvgIpc) is 2.54. The molecule has 0 heterocycles. The fourth-order valence-electron chi connectivity index (χ4n) is 1.98. The molecular formula is C17H17NO4S. The number of hydrogen-bond acceptors (Lipinski definition) is 5. The number of oxime groups is 1. The van der Waals surface area contributed by atoms with Crippen molar-refractivity contribution in [1.29, 1.82) is 0 Å². The molecule has 0 atom stereocenters. The third kappa shape index (κ3) is 5.34. The van der Waals surface area contributed by atoms with Crippen molar-refractivity contribution in [3.63, 3.8) is 0 Å². The molecule has 120 valence electrons. The molecule has 0 spiro atoms. The van der Waals surface area contributed by atoms with Gasteiger partial charge in [0, 0.05) is 12.8 Å². The van der Waals surface area contributed by atoms with E-state index in [1.165, 1.54) is 19.1 Å². The van der Waals surface area contributed by atoms with Crippen molar-refractivity contribution in [2.75, 3.05) is 0 Å². The van der Waals surface area contributed by atoms with E-state index >= 15 is 0 Å². The predicted molar refractivity (Wildman–Crippen MR) is 87.6 cm³/mol. The Kier molecular flexibility index (Phi) is 5.65. The molecule has 0 bridgehead atoms. The summed E-state index contributed by atoms with van der Waals surface area (Å²) in [7, 11) is -3.98. The van der Waals surface area contributed by atoms with Gasteiger partial charge in [0.2, 0.25) is 0 Å². The van der Waals surface area contributed by atoms with E-state index in [4.69, 9.17) is 4.28 Å². The van der Waals surface area contributed by atoms with Gasteiger partial charge < -0.3 is 0 Å². The van der Waals surface area contributed by atoms with Gasteiger partial charge in [0.25, 0.3) is 0 Å². The SMILES string of the molecule is CC(=O)CC(Cc1ccccc1)=NOS(=O)(=O)c1ccccc1. The van der Waals surface area contributed by atoms with Crippen LogP contribution in [0.1, 0.15) is 18.9 Å². The van der Waals surface area contributed by atoms with Gasteiger partial charge in [0.15, 0.2) is 0 Å². The van der Waals surface area contributed by atoms with E-state index in [9.17, 15) is 13.2 Å². The third-order valence-electron chi connectivity index (χ3n) is 3.00. The Morgan fingerprint density at radius 3 is 2.13 bits per heavy atom. The molecule has 0 aliphatic carbocycles. The molecule has 0 saturated heterocycles. The minimum atomic E-state index is -3.98. The van der Waals surface area contributed by atoms with Gasteiger partial charge >= 0.3 is 10.1 Å². The molecule has 2 aromatic rings. The molecule has 0 saturated carbocycles. The summed E-state index contributed by atoms with van der Waals surface area (Å²) in [6.45, 7) is 1.42. The van der Waals surface area contributed by atoms with Crippen molar-refractivity contribution in [3.8, 4) is 0 Å². The molecule has 0 aliphatic heterocycles. The van der Waals surface area contributed by atoms with Crippen molar-refractivity contribution in [3.05, 3.63) is 66.2 Å². The first-order valence-corrected chi connectivity index (χ1v) is 8.46. The number of Topliss-reactive ketones (excluding diaryl/α,β-unsaturated/α-hetero) is 1. The first kappa shape index (κ1) is 16.9. The highest BCUT2D eigenvalue weighted by Gasteiger charge is 2.16. The number of ketones is 1. The Labute approximate surface area is 135 Å². The molecule has 6 heteroatoms. The van der Waals surface area contributed by atoms with Gasteiger partial charge in [-0.05, 0) is 24.6 Å². The minimum absolute atomic E-state index is 0.0191. The fourth-order valence-corrected chi connectivity index (χ4v) is 2.76. The largest absolute Gasteiger partial charge is 0.358 e. The lowest BCUT2D eigenvalue weighted by Crippen LogP contribution is -2.11. The van der Waals surface area contributed by atoms with Crippen LogP contribution in [0, 0.1) is 0 Å². The smallest absolute Gasteiger partial charge is 0.300 e. The fraction of sp³-hybridized carbons (Fsp3) is 0.176. The molecule has 0 unspecified atom stereocenters. The summed E-state index contributed by atoms with van der Waals surface area (Å²) in [5, 5.41) is 3.72. The number of carbonyl (C=O) groups is 1. The van der Waals surface area contributed by atoms with Gasteiger partial charge in [0.05, 0.1) is 5.71 Å². The minimum Gasteiger partial charge on any atom is -0.300 e. The molecule has 0 aliphatic rings. The number of hydrogen-bond donors (Lipinski definition) is 0. The second-order valence-corrected chi connectivity index (χ2v) is 6.57. The van der Waals surface area contributed by atoms with Crippen LogP contribution >= 0.6 is 0 Å². The normalized spacial score (nSPS) is 12.0. The molecule has 0 fully saturated rings. The lowest BCUT2D eigenvalue weighted by Gasteiger charge is -2.06. The molecule has 5 nitrogen and oxygen atoms in total. The summed E-state index contributed by atoms with van der Waals surface area (Å²) in [5.74, 6) is -0.111. The van der Waals surface area contributed by atoms with Crippen molar-refractivity contribution >= 4 is 21.6 Å². The van der Waals surface area contributed by atoms with Crippen LogP contribution in [0.15, 0.2) is 70.7 Å². The van der Waals surface area contributed by atoms with Crippen LogP contribution in [0.4, 0.5) is 0 Å². The zero-order valence-corrected chi connectivity index (χ0v) is 13.5. The van der Waals surface area contributed by atoms with Crippen molar-refractivity contribution < 1.29 is 17.5 Å². The van der Waals surface area contributed by atoms with Crippen molar-refractivity contribution in [2.45, 2.75) is 24.7 Å². The summed E-state index contributed by atoms with van der Waals surface area (Å²) >= 11 is 0. The van der Waals surface area contributed by atoms with Crippen molar-refractivity contribution in [1.82, 2.24) is 0 Å². The van der Waals surface area contributed by atoms with Crippen LogP contribution in [0.3, 0.4) is 0 Å². The summed E-state index contributed by atoms with van der Waals surface area (Å²) < 4.78 is 28.9. The van der Waals surface area contributed by atoms with Crippen LogP contribution in [0.2, 0.25) is 0 Å². The van der Waals surface area contributed by atoms with Gasteiger partial charge in [-0.3, -0.25) is 9.08 Å². The quantitative estimate of drug-likeness (QED) is 0.577. The van der Waals surface area contributed by atoms with E-state index in [1.807, 2.05) is 30.3 Å². The van der Waals surface area contributed by atoms with Gasteiger partial charge in [-0.25, -0.2) is 0 Å². The third-order valence-corrected chi connectivity index (χ3v) is 4.12. The first-order chi connectivity index (χ1) is 11.0. The highest BCUT2D eigenvalue weighted by Crippen LogP contribution is 2.13. The molecule has 0 amide bonds. The number of rotatable bonds is 7. The van der Waals surface area contributed by atoms with E-state index in [0.29, 0.717) is 12.1 Å². The maximum Gasteiger partial charge on any atom is 0.358 e. The monoisotopic (exact) mass is 331 g/mol. The lowest BCUT2D eigenvalue weighted by atomic mass is 10.1. The topological polar surface area (TPSA) is 72.8 Å². The van der Waals surface area contributed by atoms with E-state index < -0.39 is 10.1 Å². The van der Waals surface area contributed by atoms with Gasteiger partial charge in [0.1, 0.15) is 10.7 Å². The van der Waals surface area contributed by atoms with Gasteiger partial charge in [-0.15, -0.1) is 0 Å². The average molecular weight is 331 g/mol. The summed E-state index contributed by atoms with van der Waals surface area (Å²) in [6, 6.07) is 17.1. The first-order valence-electron chi connectivity index (χ1n) is 7.05. The molecule has 23 heavy (non-hydrogen) atoms. The number of carbonyl (C=O) groups excluding carboxylic acids is 1. The van der Waals surface area contributed by atoms with Crippen LogP contribution in [-0.4, -0.2) is 19.9 Å². The van der Waals surface area contributed by atoms with Crippen LogP contribution in [0.5, 0.6) is 0 Å². The Hall–Kier alpha value is -2.47. The summed E-state index contributed by atoms with van der Waals surface area (Å²) in [5.41, 5.74) is 1.29. The molecule has 2 rings (SSSR count). The Morgan fingerprint density at radius 1 is 1.00 bits per heavy atom. The second-order valence-electron chi connectivity index (χ2n) is 5.04. The van der Waals surface area contributed by atoms with E-state index in [0.717, 1.165) is 5.56 Å². The Bertz CT molecular complexity index is 784. The van der Waals surface area contributed by atoms with Crippen LogP contribution < -0.4 is 0 Å². The standard InChI is InChI=1S/C17H17NO4S/c1-14(19)12-16(13-15-8-4-2-5-9-15)18-22-23(20,21)17-10-6-3-7-11-17/h2-11H,12-13H2,1H3. The molecular weight excluding hydrogens is 314 g/mol. The summed E-state index contributed by atoms with van der Waals surface area (Å²) in [6.07, 6.45) is 0.393. The summed E-state index contributed by atoms with van der Waals surface area (Å²) in [4.78, 5) is 11.4. The highest BCUT2D eigenvalue weighted by atomic mass is 32.2. The molecule has 0 radical (unpaired) electrons. The maximum absolute atomic E-state index is 12.1. The zero-order valence-electron chi connectivity index (χ0n) is 12.7. The molecule has 0 aromatic heterocycles. The Balaban J connectivity index is 2.18. The number of nitrogens with zero attached hydrogens (tertiary/aromatic N) is 1. The van der Waals surface area contributed by atoms with Gasteiger partial charge in [-0.2, -0.15) is 8.42 Å². The zero-order chi connectivity index (χ0) is 16.7.